The second-order valence-electron chi connectivity index (χ2n) is 19.9. The molecule has 1 aromatic carbocycles. The van der Waals surface area contributed by atoms with E-state index in [2.05, 4.69) is 10.6 Å². The molecule has 6 rings (SSSR count). The first-order valence-corrected chi connectivity index (χ1v) is 24.4. The number of aryl methyl sites for hydroxylation is 1. The summed E-state index contributed by atoms with van der Waals surface area (Å²) >= 11 is 0. The van der Waals surface area contributed by atoms with Gasteiger partial charge in [-0.1, -0.05) is 39.8 Å². The normalized spacial score (nSPS) is 37.8. The van der Waals surface area contributed by atoms with Gasteiger partial charge in [-0.15, -0.1) is 0 Å². The van der Waals surface area contributed by atoms with Gasteiger partial charge in [-0.2, -0.15) is 0 Å². The van der Waals surface area contributed by atoms with Crippen LogP contribution in [0.15, 0.2) is 53.8 Å². The van der Waals surface area contributed by atoms with E-state index >= 15 is 0 Å². The number of aliphatic hydroxyl groups is 3. The van der Waals surface area contributed by atoms with Gasteiger partial charge in [-0.25, -0.2) is 4.79 Å². The van der Waals surface area contributed by atoms with Crippen LogP contribution in [0.3, 0.4) is 0 Å². The average molecular weight is 937 g/mol. The van der Waals surface area contributed by atoms with Crippen molar-refractivity contribution in [3.05, 3.63) is 53.8 Å². The molecular formula is C52H76N2O13. The lowest BCUT2D eigenvalue weighted by Crippen LogP contribution is -2.64. The lowest BCUT2D eigenvalue weighted by Gasteiger charge is -2.47. The predicted octanol–water partition coefficient (Wildman–Crippen LogP) is 6.02. The van der Waals surface area contributed by atoms with Gasteiger partial charge in [0.2, 0.25) is 5.79 Å². The third-order valence-corrected chi connectivity index (χ3v) is 15.3. The predicted molar refractivity (Wildman–Crippen MR) is 251 cm³/mol. The second-order valence-corrected chi connectivity index (χ2v) is 19.9. The number of esters is 1. The first-order chi connectivity index (χ1) is 31.8. The van der Waals surface area contributed by atoms with Crippen LogP contribution < -0.4 is 4.74 Å². The summed E-state index contributed by atoms with van der Waals surface area (Å²) in [4.78, 5) is 58.5. The van der Waals surface area contributed by atoms with Crippen molar-refractivity contribution in [1.29, 1.82) is 0 Å². The fourth-order valence-corrected chi connectivity index (χ4v) is 10.9. The summed E-state index contributed by atoms with van der Waals surface area (Å²) in [6, 6.07) is 6.92. The number of hydrogen-bond donors (Lipinski definition) is 3. The molecule has 3 fully saturated rings. The van der Waals surface area contributed by atoms with Crippen molar-refractivity contribution in [2.45, 2.75) is 166 Å². The number of nitrogens with zero attached hydrogens (tertiary/aromatic N) is 2. The summed E-state index contributed by atoms with van der Waals surface area (Å²) < 4.78 is 38.9. The minimum atomic E-state index is -2.58. The molecule has 2 bridgehead atoms. The summed E-state index contributed by atoms with van der Waals surface area (Å²) in [7, 11) is 6.63. The molecule has 4 heterocycles. The Morgan fingerprint density at radius 2 is 1.61 bits per heavy atom. The van der Waals surface area contributed by atoms with E-state index in [9.17, 15) is 34.5 Å². The van der Waals surface area contributed by atoms with E-state index in [1.807, 2.05) is 58.3 Å². The van der Waals surface area contributed by atoms with Gasteiger partial charge in [0.15, 0.2) is 0 Å². The summed E-state index contributed by atoms with van der Waals surface area (Å²) in [5.74, 6) is -7.81. The molecule has 0 spiro atoms. The molecule has 2 aromatic rings. The van der Waals surface area contributed by atoms with Crippen LogP contribution in [0.2, 0.25) is 0 Å². The fourth-order valence-electron chi connectivity index (χ4n) is 10.9. The van der Waals surface area contributed by atoms with Crippen LogP contribution in [0.5, 0.6) is 5.75 Å². The number of carbonyl (C=O) groups excluding carboxylic acids is 4. The smallest absolute Gasteiger partial charge is 0.329 e. The molecule has 3 aliphatic heterocycles. The summed E-state index contributed by atoms with van der Waals surface area (Å²) in [5, 5.41) is 36.7. The average Bonchev–Trinajstić information content (AvgIpc) is 3.70. The number of amides is 1. The number of benzene rings is 1. The lowest BCUT2D eigenvalue weighted by atomic mass is 9.81. The maximum Gasteiger partial charge on any atom is 0.329 e. The molecule has 0 radical (unpaired) electrons. The van der Waals surface area contributed by atoms with Gasteiger partial charge < -0.3 is 53.2 Å². The first kappa shape index (κ1) is 52.4. The maximum atomic E-state index is 14.6. The summed E-state index contributed by atoms with van der Waals surface area (Å²) in [6.07, 6.45) is 3.56. The first-order valence-electron chi connectivity index (χ1n) is 24.4. The molecular weight excluding hydrogens is 861 g/mol. The van der Waals surface area contributed by atoms with E-state index in [0.717, 1.165) is 23.1 Å². The Kier molecular flexibility index (Phi) is 17.7. The van der Waals surface area contributed by atoms with Crippen molar-refractivity contribution < 1.29 is 62.9 Å². The highest BCUT2D eigenvalue weighted by Gasteiger charge is 2.57. The number of allylic oxidation sites excluding steroid dienone is 2. The van der Waals surface area contributed by atoms with Crippen LogP contribution in [0.25, 0.3) is 10.9 Å². The zero-order valence-corrected chi connectivity index (χ0v) is 41.2. The van der Waals surface area contributed by atoms with E-state index in [1.165, 1.54) is 19.1 Å². The number of fused-ring (bicyclic) bond motifs is 4. The highest BCUT2D eigenvalue weighted by molar-refractivity contribution is 6.39. The standard InChI is InChI=1S/C52H76N2O13/c1-11-35-23-29(2)46(57)30(3)24-44(63-9)48-45(64-10)25-32(5)52(61,67-48)49(58)50(59)54-20-13-12-14-39(54)51(60)66-47(33(6)40(55)28-41(35)56)31(4)22-34-15-18-42(43(26-34)62-8)65-37-16-17-38-36(27-37)19-21-53(38)7/h16-17,19,21-23,27,30,32-35,39-40,42-48,55,57,61H,11-15,18,20,24-26,28H2,1-10H3/b29-23-,31-22+/t30-,32-,33-,34+,35-,39+,40+,42-,43-,44+,45+,46-,47-,48-,52-/m1/s1. The van der Waals surface area contributed by atoms with E-state index in [0.29, 0.717) is 43.3 Å². The molecule has 4 aliphatic rings. The van der Waals surface area contributed by atoms with E-state index < -0.39 is 89.8 Å². The third kappa shape index (κ3) is 11.6. The topological polar surface area (TPSA) is 193 Å². The number of methoxy groups -OCH3 is 3. The number of ether oxygens (including phenoxy) is 6. The highest BCUT2D eigenvalue weighted by Crippen LogP contribution is 2.40. The highest BCUT2D eigenvalue weighted by atomic mass is 16.7. The van der Waals surface area contributed by atoms with Gasteiger partial charge in [0.1, 0.15) is 35.9 Å². The quantitative estimate of drug-likeness (QED) is 0.158. The van der Waals surface area contributed by atoms with Crippen molar-refractivity contribution in [2.24, 2.45) is 36.6 Å². The minimum absolute atomic E-state index is 0.00883. The zero-order valence-electron chi connectivity index (χ0n) is 41.2. The Morgan fingerprint density at radius 1 is 0.910 bits per heavy atom. The number of ketones is 2. The minimum Gasteiger partial charge on any atom is -0.488 e. The summed E-state index contributed by atoms with van der Waals surface area (Å²) in [6.45, 7) is 10.7. The Hall–Kier alpha value is -3.96. The second kappa shape index (κ2) is 22.6. The van der Waals surface area contributed by atoms with Crippen molar-refractivity contribution in [3.63, 3.8) is 0 Å². The third-order valence-electron chi connectivity index (χ3n) is 15.3. The molecule has 3 N–H and O–H groups in total. The van der Waals surface area contributed by atoms with E-state index in [1.54, 1.807) is 34.0 Å². The molecule has 15 atom stereocenters. The molecule has 2 saturated heterocycles. The number of hydrogen-bond acceptors (Lipinski definition) is 13. The van der Waals surface area contributed by atoms with Crippen molar-refractivity contribution in [2.75, 3.05) is 27.9 Å². The van der Waals surface area contributed by atoms with Gasteiger partial charge in [0.05, 0.1) is 30.5 Å². The van der Waals surface area contributed by atoms with Gasteiger partial charge in [0, 0.05) is 76.2 Å². The van der Waals surface area contributed by atoms with Crippen LogP contribution in [-0.4, -0.2) is 137 Å². The van der Waals surface area contributed by atoms with Crippen LogP contribution in [-0.2, 0) is 49.9 Å². The number of aromatic nitrogens is 1. The molecule has 1 saturated carbocycles. The fraction of sp³-hybridized carbons (Fsp3) is 0.692. The Morgan fingerprint density at radius 3 is 2.30 bits per heavy atom. The molecule has 372 valence electrons. The van der Waals surface area contributed by atoms with Crippen LogP contribution in [0.4, 0.5) is 0 Å². The molecule has 1 aromatic heterocycles. The summed E-state index contributed by atoms with van der Waals surface area (Å²) in [5.41, 5.74) is 2.33. The van der Waals surface area contributed by atoms with Gasteiger partial charge in [-0.3, -0.25) is 14.4 Å². The van der Waals surface area contributed by atoms with Crippen LogP contribution >= 0.6 is 0 Å². The van der Waals surface area contributed by atoms with E-state index in [-0.39, 0.29) is 56.1 Å². The largest absolute Gasteiger partial charge is 0.488 e. The molecule has 1 aliphatic carbocycles. The van der Waals surface area contributed by atoms with Crippen LogP contribution in [0, 0.1) is 29.6 Å². The Bertz CT molecular complexity index is 2120. The van der Waals surface area contributed by atoms with Crippen molar-refractivity contribution in [1.82, 2.24) is 9.47 Å². The molecule has 0 unspecified atom stereocenters. The molecule has 15 nitrogen and oxygen atoms in total. The van der Waals surface area contributed by atoms with Crippen molar-refractivity contribution in [3.8, 4) is 5.75 Å². The number of carbonyl (C=O) groups is 4. The van der Waals surface area contributed by atoms with Crippen molar-refractivity contribution >= 4 is 34.3 Å². The Labute approximate surface area is 396 Å². The lowest BCUT2D eigenvalue weighted by molar-refractivity contribution is -0.302. The zero-order chi connectivity index (χ0) is 48.9. The number of cyclic esters (lactones) is 1. The van der Waals surface area contributed by atoms with E-state index in [4.69, 9.17) is 28.4 Å². The monoisotopic (exact) mass is 937 g/mol. The number of aliphatic hydroxyl groups excluding tert-OH is 2. The Balaban J connectivity index is 1.31. The maximum absolute atomic E-state index is 14.6. The number of rotatable bonds is 8. The molecule has 1 amide bonds. The SMILES string of the molecule is CC[C@@H]1/C=C(/C)[C@@H](O)[C@H](C)C[C@H](OC)[C@H]2O[C@@](O)(C(=O)C(=O)N3CCCC[C@H]3C(=O)O[C@H](/C(C)=C/[C@@H]3CC[C@@H](Oc4ccc5c(ccn5C)c4)[C@H](OC)C3)[C@H](C)[C@@H](O)CC1=O)[C@H](C)C[C@@H]2OC. The van der Waals surface area contributed by atoms with Gasteiger partial charge in [-0.05, 0) is 119 Å². The van der Waals surface area contributed by atoms with Gasteiger partial charge >= 0.3 is 5.97 Å². The molecule has 67 heavy (non-hydrogen) atoms. The number of piperidine rings is 1. The van der Waals surface area contributed by atoms with Gasteiger partial charge in [0.25, 0.3) is 11.7 Å². The van der Waals surface area contributed by atoms with Crippen LogP contribution in [0.1, 0.15) is 106 Å². The molecule has 15 heteroatoms. The number of Topliss-reactive ketones (excluding diaryl/α,β-unsaturated/α-hetero) is 2.